The number of aliphatic hydroxyl groups excluding tert-OH is 1. The predicted molar refractivity (Wildman–Crippen MR) is 21.1 cm³/mol. The van der Waals surface area contributed by atoms with Crippen molar-refractivity contribution in [1.29, 1.82) is 0 Å². The predicted octanol–water partition coefficient (Wildman–Crippen LogP) is -0.261. The molecule has 0 aromatic rings. The smallest absolute Gasteiger partial charge is 0.125 e. The minimum absolute atomic E-state index is 0. The normalized spacial score (nSPS) is 12.6. The van der Waals surface area contributed by atoms with Gasteiger partial charge in [0, 0.05) is 0 Å². The maximum Gasteiger partial charge on any atom is 0.125 e. The topological polar surface area (TPSA) is 51.7 Å². The van der Waals surface area contributed by atoms with E-state index in [1.54, 1.807) is 0 Å². The quantitative estimate of drug-likeness (QED) is 0.417. The number of halogens is 1. The Morgan fingerprint density at radius 2 is 1.80 bits per heavy atom. The van der Waals surface area contributed by atoms with E-state index in [-0.39, 0.29) is 5.48 Å². The van der Waals surface area contributed by atoms with Crippen molar-refractivity contribution in [2.75, 3.05) is 0 Å². The van der Waals surface area contributed by atoms with E-state index in [2.05, 4.69) is 0 Å². The van der Waals surface area contributed by atoms with Crippen molar-refractivity contribution in [2.24, 2.45) is 0 Å². The molecule has 1 atom stereocenters. The fourth-order valence-corrected chi connectivity index (χ4v) is 0. The third-order valence-electron chi connectivity index (χ3n) is 0. The van der Waals surface area contributed by atoms with Crippen LogP contribution in [0.3, 0.4) is 0 Å². The van der Waals surface area contributed by atoms with Crippen molar-refractivity contribution in [1.82, 2.24) is 0 Å². The van der Waals surface area contributed by atoms with Gasteiger partial charge in [0.25, 0.3) is 0 Å². The third-order valence-corrected chi connectivity index (χ3v) is 0. The molecule has 0 aliphatic heterocycles. The van der Waals surface area contributed by atoms with Gasteiger partial charge < -0.3 is 10.6 Å². The molecule has 0 aromatic carbocycles. The molecule has 0 aliphatic rings. The summed E-state index contributed by atoms with van der Waals surface area (Å²) < 4.78 is 0. The van der Waals surface area contributed by atoms with E-state index in [9.17, 15) is 0 Å². The van der Waals surface area contributed by atoms with Gasteiger partial charge in [-0.3, -0.25) is 0 Å². The van der Waals surface area contributed by atoms with Gasteiger partial charge in [-0.2, -0.15) is 0 Å². The van der Waals surface area contributed by atoms with Crippen LogP contribution in [0.4, 0.5) is 0 Å². The van der Waals surface area contributed by atoms with Crippen LogP contribution in [0.1, 0.15) is 6.92 Å². The maximum atomic E-state index is 7.82. The van der Waals surface area contributed by atoms with E-state index in [0.29, 0.717) is 0 Å². The van der Waals surface area contributed by atoms with Gasteiger partial charge in [-0.1, -0.05) is 11.6 Å². The van der Waals surface area contributed by atoms with Crippen molar-refractivity contribution in [3.05, 3.63) is 0 Å². The second-order valence-electron chi connectivity index (χ2n) is 0.574. The molecule has 2 nitrogen and oxygen atoms in total. The first-order valence-corrected chi connectivity index (χ1v) is 1.49. The molecule has 0 amide bonds. The number of aliphatic hydroxyl groups is 1. The van der Waals surface area contributed by atoms with Crippen LogP contribution < -0.4 is 0 Å². The van der Waals surface area contributed by atoms with Crippen molar-refractivity contribution in [2.45, 2.75) is 12.5 Å². The standard InChI is InChI=1S/C2H5ClO.H2O/c1-2(3)4;/h2,4H,1H3;1H2. The lowest BCUT2D eigenvalue weighted by Gasteiger charge is -1.77. The SMILES string of the molecule is CC(O)Cl.O. The average Bonchev–Trinajstić information content (AvgIpc) is 0.811. The van der Waals surface area contributed by atoms with Gasteiger partial charge in [0.2, 0.25) is 0 Å². The summed E-state index contributed by atoms with van der Waals surface area (Å²) in [5, 5.41) is 7.82. The summed E-state index contributed by atoms with van der Waals surface area (Å²) >= 11 is 4.83. The number of alkyl halides is 1. The summed E-state index contributed by atoms with van der Waals surface area (Å²) in [4.78, 5) is 0. The van der Waals surface area contributed by atoms with Crippen LogP contribution in [0.2, 0.25) is 0 Å². The molecule has 0 rings (SSSR count). The summed E-state index contributed by atoms with van der Waals surface area (Å²) in [5.74, 6) is 0. The summed E-state index contributed by atoms with van der Waals surface area (Å²) in [6, 6.07) is 0. The lowest BCUT2D eigenvalue weighted by atomic mass is 10.9. The first kappa shape index (κ1) is 8.96. The second kappa shape index (κ2) is 4.21. The van der Waals surface area contributed by atoms with Crippen LogP contribution in [0.5, 0.6) is 0 Å². The molecule has 0 spiro atoms. The van der Waals surface area contributed by atoms with Gasteiger partial charge in [-0.05, 0) is 6.92 Å². The Kier molecular flexibility index (Phi) is 7.55. The third kappa shape index (κ3) is 466. The van der Waals surface area contributed by atoms with Crippen molar-refractivity contribution < 1.29 is 10.6 Å². The van der Waals surface area contributed by atoms with E-state index >= 15 is 0 Å². The van der Waals surface area contributed by atoms with E-state index in [1.165, 1.54) is 6.92 Å². The van der Waals surface area contributed by atoms with E-state index in [4.69, 9.17) is 16.7 Å². The molecule has 3 heteroatoms. The molecule has 0 aliphatic carbocycles. The Hall–Kier alpha value is 0.210. The van der Waals surface area contributed by atoms with E-state index in [0.717, 1.165) is 0 Å². The maximum absolute atomic E-state index is 7.82. The van der Waals surface area contributed by atoms with Crippen LogP contribution >= 0.6 is 11.6 Å². The lowest BCUT2D eigenvalue weighted by Crippen LogP contribution is -1.79. The highest BCUT2D eigenvalue weighted by molar-refractivity contribution is 6.19. The van der Waals surface area contributed by atoms with Crippen LogP contribution in [0.25, 0.3) is 0 Å². The number of hydrogen-bond acceptors (Lipinski definition) is 1. The van der Waals surface area contributed by atoms with Gasteiger partial charge >= 0.3 is 0 Å². The van der Waals surface area contributed by atoms with Crippen LogP contribution in [-0.4, -0.2) is 16.1 Å². The van der Waals surface area contributed by atoms with Crippen LogP contribution in [0, 0.1) is 0 Å². The molecule has 0 heterocycles. The highest BCUT2D eigenvalue weighted by Crippen LogP contribution is 1.79. The minimum atomic E-state index is -0.694. The molecule has 0 saturated carbocycles. The molecule has 0 aromatic heterocycles. The molecular formula is C2H7ClO2. The van der Waals surface area contributed by atoms with Crippen LogP contribution in [-0.2, 0) is 0 Å². The largest absolute Gasteiger partial charge is 0.412 e. The summed E-state index contributed by atoms with van der Waals surface area (Å²) in [5.41, 5.74) is -0.694. The average molecular weight is 98.5 g/mol. The Balaban J connectivity index is 0. The Morgan fingerprint density at radius 3 is 1.80 bits per heavy atom. The summed E-state index contributed by atoms with van der Waals surface area (Å²) in [7, 11) is 0. The molecule has 5 heavy (non-hydrogen) atoms. The second-order valence-corrected chi connectivity index (χ2v) is 1.21. The first-order chi connectivity index (χ1) is 1.73. The molecule has 0 saturated heterocycles. The lowest BCUT2D eigenvalue weighted by molar-refractivity contribution is 0.277. The number of rotatable bonds is 0. The highest BCUT2D eigenvalue weighted by Gasteiger charge is 1.72. The molecular weight excluding hydrogens is 91.5 g/mol. The number of hydrogen-bond donors (Lipinski definition) is 1. The summed E-state index contributed by atoms with van der Waals surface area (Å²) in [6.45, 7) is 1.49. The summed E-state index contributed by atoms with van der Waals surface area (Å²) in [6.07, 6.45) is 0. The Morgan fingerprint density at radius 1 is 1.80 bits per heavy atom. The zero-order valence-electron chi connectivity index (χ0n) is 2.90. The first-order valence-electron chi connectivity index (χ1n) is 1.05. The van der Waals surface area contributed by atoms with Crippen molar-refractivity contribution in [3.63, 3.8) is 0 Å². The Labute approximate surface area is 35.7 Å². The zero-order valence-corrected chi connectivity index (χ0v) is 3.66. The van der Waals surface area contributed by atoms with Crippen molar-refractivity contribution >= 4 is 11.6 Å². The highest BCUT2D eigenvalue weighted by atomic mass is 35.5. The van der Waals surface area contributed by atoms with Gasteiger partial charge in [-0.25, -0.2) is 0 Å². The fraction of sp³-hybridized carbons (Fsp3) is 1.00. The molecule has 0 bridgehead atoms. The van der Waals surface area contributed by atoms with Gasteiger partial charge in [0.05, 0.1) is 0 Å². The monoisotopic (exact) mass is 98.0 g/mol. The Bertz CT molecular complexity index is 12.4. The molecule has 34 valence electrons. The van der Waals surface area contributed by atoms with Crippen LogP contribution in [0.15, 0.2) is 0 Å². The van der Waals surface area contributed by atoms with Gasteiger partial charge in [0.1, 0.15) is 5.56 Å². The molecule has 0 radical (unpaired) electrons. The van der Waals surface area contributed by atoms with E-state index < -0.39 is 5.56 Å². The molecule has 1 unspecified atom stereocenters. The van der Waals surface area contributed by atoms with Gasteiger partial charge in [-0.15, -0.1) is 0 Å². The zero-order chi connectivity index (χ0) is 3.58. The molecule has 0 fully saturated rings. The van der Waals surface area contributed by atoms with E-state index in [1.807, 2.05) is 0 Å². The minimum Gasteiger partial charge on any atom is -0.412 e. The fourth-order valence-electron chi connectivity index (χ4n) is 0. The molecule has 3 N–H and O–H groups in total. The van der Waals surface area contributed by atoms with Gasteiger partial charge in [0.15, 0.2) is 0 Å². The van der Waals surface area contributed by atoms with Crippen molar-refractivity contribution in [3.8, 4) is 0 Å².